The molecule has 3 nitrogen and oxygen atoms in total. The Morgan fingerprint density at radius 2 is 2.10 bits per heavy atom. The minimum absolute atomic E-state index is 0.745. The highest BCUT2D eigenvalue weighted by atomic mass is 15.2. The van der Waals surface area contributed by atoms with Gasteiger partial charge in [0.05, 0.1) is 0 Å². The summed E-state index contributed by atoms with van der Waals surface area (Å²) >= 11 is 0. The van der Waals surface area contributed by atoms with Crippen molar-refractivity contribution < 1.29 is 0 Å². The van der Waals surface area contributed by atoms with Crippen LogP contribution in [0.4, 0.5) is 5.69 Å². The van der Waals surface area contributed by atoms with Gasteiger partial charge in [0.15, 0.2) is 0 Å². The summed E-state index contributed by atoms with van der Waals surface area (Å²) in [5.41, 5.74) is 4.38. The lowest BCUT2D eigenvalue weighted by atomic mass is 10.0. The zero-order valence-electron chi connectivity index (χ0n) is 12.9. The van der Waals surface area contributed by atoms with Crippen molar-refractivity contribution in [3.8, 4) is 0 Å². The summed E-state index contributed by atoms with van der Waals surface area (Å²) in [6.07, 6.45) is 3.81. The molecule has 0 amide bonds. The summed E-state index contributed by atoms with van der Waals surface area (Å²) in [6.45, 7) is 8.17. The van der Waals surface area contributed by atoms with E-state index in [9.17, 15) is 0 Å². The van der Waals surface area contributed by atoms with Gasteiger partial charge in [0.1, 0.15) is 0 Å². The van der Waals surface area contributed by atoms with Gasteiger partial charge in [-0.1, -0.05) is 25.1 Å². The van der Waals surface area contributed by atoms with Crippen molar-refractivity contribution in [1.82, 2.24) is 9.80 Å². The highest BCUT2D eigenvalue weighted by molar-refractivity contribution is 5.61. The maximum absolute atomic E-state index is 3.56. The summed E-state index contributed by atoms with van der Waals surface area (Å²) in [5.74, 6) is 0. The quantitative estimate of drug-likeness (QED) is 0.909. The van der Waals surface area contributed by atoms with Crippen molar-refractivity contribution in [2.24, 2.45) is 0 Å². The third-order valence-corrected chi connectivity index (χ3v) is 4.98. The molecule has 0 aromatic heterocycles. The lowest BCUT2D eigenvalue weighted by Gasteiger charge is -2.36. The van der Waals surface area contributed by atoms with E-state index >= 15 is 0 Å². The number of benzene rings is 1. The van der Waals surface area contributed by atoms with E-state index in [1.165, 1.54) is 55.7 Å². The van der Waals surface area contributed by atoms with Gasteiger partial charge < -0.3 is 10.2 Å². The van der Waals surface area contributed by atoms with Gasteiger partial charge in [0, 0.05) is 24.8 Å². The van der Waals surface area contributed by atoms with Gasteiger partial charge in [-0.15, -0.1) is 0 Å². The van der Waals surface area contributed by atoms with Crippen LogP contribution in [0, 0.1) is 0 Å². The van der Waals surface area contributed by atoms with Crippen LogP contribution in [-0.4, -0.2) is 49.1 Å². The monoisotopic (exact) mass is 273 g/mol. The molecule has 3 rings (SSSR count). The van der Waals surface area contributed by atoms with Crippen LogP contribution in [0.3, 0.4) is 0 Å². The molecule has 2 heterocycles. The van der Waals surface area contributed by atoms with E-state index < -0.39 is 0 Å². The number of likely N-dealkylation sites (tertiary alicyclic amines) is 1. The molecule has 3 heteroatoms. The average molecular weight is 273 g/mol. The second-order valence-corrected chi connectivity index (χ2v) is 6.21. The van der Waals surface area contributed by atoms with E-state index in [0.717, 1.165) is 19.1 Å². The predicted octanol–water partition coefficient (Wildman–Crippen LogP) is 2.57. The zero-order chi connectivity index (χ0) is 13.9. The number of nitrogens with zero attached hydrogens (tertiary/aromatic N) is 2. The molecule has 0 unspecified atom stereocenters. The van der Waals surface area contributed by atoms with Gasteiger partial charge in [-0.05, 0) is 57.1 Å². The minimum Gasteiger partial charge on any atom is -0.384 e. The molecule has 2 aliphatic heterocycles. The molecule has 1 N–H and O–H groups in total. The summed E-state index contributed by atoms with van der Waals surface area (Å²) in [6, 6.07) is 7.51. The normalized spacial score (nSPS) is 20.1. The first-order valence-electron chi connectivity index (χ1n) is 8.05. The molecule has 0 radical (unpaired) electrons. The first-order chi connectivity index (χ1) is 9.78. The highest BCUT2D eigenvalue weighted by Gasteiger charge is 2.23. The number of rotatable bonds is 4. The van der Waals surface area contributed by atoms with Crippen molar-refractivity contribution in [1.29, 1.82) is 0 Å². The molecular weight excluding hydrogens is 246 g/mol. The molecule has 1 aromatic rings. The first kappa shape index (κ1) is 13.9. The number of nitrogens with one attached hydrogen (secondary N) is 1. The fourth-order valence-corrected chi connectivity index (χ4v) is 3.62. The highest BCUT2D eigenvalue weighted by Crippen LogP contribution is 2.28. The Balaban J connectivity index is 1.62. The Hall–Kier alpha value is -1.06. The van der Waals surface area contributed by atoms with Crippen LogP contribution < -0.4 is 5.32 Å². The van der Waals surface area contributed by atoms with E-state index in [1.807, 2.05) is 0 Å². The summed E-state index contributed by atoms with van der Waals surface area (Å²) in [4.78, 5) is 5.12. The number of para-hydroxylation sites is 1. The first-order valence-corrected chi connectivity index (χ1v) is 8.05. The van der Waals surface area contributed by atoms with E-state index in [-0.39, 0.29) is 0 Å². The fourth-order valence-electron chi connectivity index (χ4n) is 3.62. The molecule has 2 aliphatic rings. The van der Waals surface area contributed by atoms with Crippen molar-refractivity contribution in [3.63, 3.8) is 0 Å². The summed E-state index contributed by atoms with van der Waals surface area (Å²) < 4.78 is 0. The second-order valence-electron chi connectivity index (χ2n) is 6.21. The van der Waals surface area contributed by atoms with E-state index in [0.29, 0.717) is 0 Å². The zero-order valence-corrected chi connectivity index (χ0v) is 12.9. The van der Waals surface area contributed by atoms with Gasteiger partial charge in [0.2, 0.25) is 0 Å². The number of fused-ring (bicyclic) bond motifs is 1. The molecule has 0 saturated carbocycles. The smallest absolute Gasteiger partial charge is 0.0419 e. The van der Waals surface area contributed by atoms with Crippen LogP contribution >= 0.6 is 0 Å². The standard InChI is InChI=1S/C17H27N3/c1-3-20-11-8-16(9-12-20)19(2)13-15-6-4-5-14-7-10-18-17(14)15/h4-6,16,18H,3,7-13H2,1-2H3. The molecule has 110 valence electrons. The van der Waals surface area contributed by atoms with Crippen LogP contribution in [0.25, 0.3) is 0 Å². The second kappa shape index (κ2) is 6.15. The molecular formula is C17H27N3. The van der Waals surface area contributed by atoms with Gasteiger partial charge >= 0.3 is 0 Å². The van der Waals surface area contributed by atoms with Crippen LogP contribution in [0.15, 0.2) is 18.2 Å². The molecule has 0 aliphatic carbocycles. The van der Waals surface area contributed by atoms with E-state index in [2.05, 4.69) is 47.3 Å². The maximum Gasteiger partial charge on any atom is 0.0419 e. The summed E-state index contributed by atoms with van der Waals surface area (Å²) in [5, 5.41) is 3.56. The van der Waals surface area contributed by atoms with Crippen LogP contribution in [0.1, 0.15) is 30.9 Å². The van der Waals surface area contributed by atoms with Gasteiger partial charge in [0.25, 0.3) is 0 Å². The maximum atomic E-state index is 3.56. The van der Waals surface area contributed by atoms with Gasteiger partial charge in [-0.2, -0.15) is 0 Å². The number of hydrogen-bond acceptors (Lipinski definition) is 3. The SMILES string of the molecule is CCN1CCC(N(C)Cc2cccc3c2NCC3)CC1. The fraction of sp³-hybridized carbons (Fsp3) is 0.647. The third-order valence-electron chi connectivity index (χ3n) is 4.98. The van der Waals surface area contributed by atoms with Crippen molar-refractivity contribution in [3.05, 3.63) is 29.3 Å². The Kier molecular flexibility index (Phi) is 4.27. The van der Waals surface area contributed by atoms with Gasteiger partial charge in [-0.3, -0.25) is 4.90 Å². The lowest BCUT2D eigenvalue weighted by molar-refractivity contribution is 0.127. The Morgan fingerprint density at radius 3 is 2.85 bits per heavy atom. The van der Waals surface area contributed by atoms with Crippen LogP contribution in [0.5, 0.6) is 0 Å². The van der Waals surface area contributed by atoms with Gasteiger partial charge in [-0.25, -0.2) is 0 Å². The molecule has 1 aromatic carbocycles. The van der Waals surface area contributed by atoms with Crippen LogP contribution in [0.2, 0.25) is 0 Å². The average Bonchev–Trinajstić information content (AvgIpc) is 2.97. The molecule has 20 heavy (non-hydrogen) atoms. The Labute approximate surface area is 123 Å². The lowest BCUT2D eigenvalue weighted by Crippen LogP contribution is -2.42. The van der Waals surface area contributed by atoms with Crippen molar-refractivity contribution >= 4 is 5.69 Å². The number of anilines is 1. The van der Waals surface area contributed by atoms with E-state index in [1.54, 1.807) is 0 Å². The minimum atomic E-state index is 0.745. The van der Waals surface area contributed by atoms with Crippen LogP contribution in [-0.2, 0) is 13.0 Å². The molecule has 0 atom stereocenters. The third kappa shape index (κ3) is 2.84. The Bertz CT molecular complexity index is 450. The van der Waals surface area contributed by atoms with Crippen molar-refractivity contribution in [2.75, 3.05) is 38.5 Å². The molecule has 0 bridgehead atoms. The number of piperidine rings is 1. The largest absolute Gasteiger partial charge is 0.384 e. The molecule has 1 saturated heterocycles. The van der Waals surface area contributed by atoms with E-state index in [4.69, 9.17) is 0 Å². The Morgan fingerprint density at radius 1 is 1.30 bits per heavy atom. The molecule has 1 fully saturated rings. The predicted molar refractivity (Wildman–Crippen MR) is 85.2 cm³/mol. The molecule has 0 spiro atoms. The topological polar surface area (TPSA) is 18.5 Å². The summed E-state index contributed by atoms with van der Waals surface area (Å²) in [7, 11) is 2.29. The van der Waals surface area contributed by atoms with Crippen molar-refractivity contribution in [2.45, 2.75) is 38.8 Å². The number of hydrogen-bond donors (Lipinski definition) is 1.